The quantitative estimate of drug-likeness (QED) is 0.544. The SMILES string of the molecule is O=C(O)C(C(=O)O)c1ccc(C(C(=O)O)C(=O)O)s1. The standard InChI is InChI=1S/C10H8O8S/c11-7(12)5(8(13)14)3-1-2-4(19-3)6(9(15)16)10(17)18/h1-2,5-6H,(H,11,12)(H,13,14)(H,15,16)(H,17,18). The number of carboxylic acids is 4. The van der Waals surface area contributed by atoms with E-state index in [2.05, 4.69) is 0 Å². The molecule has 9 heteroatoms. The molecule has 0 unspecified atom stereocenters. The molecule has 0 aliphatic carbocycles. The normalized spacial score (nSPS) is 10.6. The van der Waals surface area contributed by atoms with Crippen molar-refractivity contribution in [2.45, 2.75) is 11.8 Å². The third-order valence-electron chi connectivity index (χ3n) is 2.20. The monoisotopic (exact) mass is 288 g/mol. The summed E-state index contributed by atoms with van der Waals surface area (Å²) in [6.07, 6.45) is 0. The fourth-order valence-corrected chi connectivity index (χ4v) is 2.56. The van der Waals surface area contributed by atoms with E-state index in [9.17, 15) is 19.2 Å². The first kappa shape index (κ1) is 14.6. The Hall–Kier alpha value is -2.42. The van der Waals surface area contributed by atoms with E-state index in [1.54, 1.807) is 0 Å². The first-order valence-corrected chi connectivity index (χ1v) is 5.58. The molecule has 1 aromatic heterocycles. The molecule has 0 atom stereocenters. The maximum atomic E-state index is 10.8. The molecule has 0 spiro atoms. The molecule has 0 saturated carbocycles. The molecule has 0 aliphatic heterocycles. The molecule has 8 nitrogen and oxygen atoms in total. The van der Waals surface area contributed by atoms with E-state index in [-0.39, 0.29) is 9.75 Å². The van der Waals surface area contributed by atoms with Crippen molar-refractivity contribution in [1.29, 1.82) is 0 Å². The van der Waals surface area contributed by atoms with E-state index in [4.69, 9.17) is 20.4 Å². The highest BCUT2D eigenvalue weighted by Gasteiger charge is 2.33. The van der Waals surface area contributed by atoms with Gasteiger partial charge in [0, 0.05) is 9.75 Å². The van der Waals surface area contributed by atoms with Gasteiger partial charge in [0.2, 0.25) is 0 Å². The van der Waals surface area contributed by atoms with Crippen LogP contribution in [0.1, 0.15) is 21.6 Å². The van der Waals surface area contributed by atoms with Gasteiger partial charge in [-0.15, -0.1) is 11.3 Å². The van der Waals surface area contributed by atoms with E-state index < -0.39 is 35.7 Å². The van der Waals surface area contributed by atoms with Crippen molar-refractivity contribution in [3.05, 3.63) is 21.9 Å². The van der Waals surface area contributed by atoms with Crippen molar-refractivity contribution in [2.24, 2.45) is 0 Å². The lowest BCUT2D eigenvalue weighted by Crippen LogP contribution is -2.20. The molecule has 1 aromatic rings. The zero-order chi connectivity index (χ0) is 14.7. The highest BCUT2D eigenvalue weighted by atomic mass is 32.1. The molecule has 0 amide bonds. The Bertz CT molecular complexity index is 471. The van der Waals surface area contributed by atoms with Gasteiger partial charge in [-0.05, 0) is 12.1 Å². The minimum absolute atomic E-state index is 0.137. The van der Waals surface area contributed by atoms with Crippen molar-refractivity contribution >= 4 is 35.2 Å². The lowest BCUT2D eigenvalue weighted by molar-refractivity contribution is -0.151. The second-order valence-corrected chi connectivity index (χ2v) is 4.61. The predicted octanol–water partition coefficient (Wildman–Crippen LogP) is 0.254. The van der Waals surface area contributed by atoms with Crippen molar-refractivity contribution in [3.8, 4) is 0 Å². The van der Waals surface area contributed by atoms with E-state index in [1.807, 2.05) is 0 Å². The summed E-state index contributed by atoms with van der Waals surface area (Å²) in [5, 5.41) is 35.0. The van der Waals surface area contributed by atoms with Crippen LogP contribution in [0.4, 0.5) is 0 Å². The molecule has 1 rings (SSSR count). The van der Waals surface area contributed by atoms with Crippen LogP contribution in [0, 0.1) is 0 Å². The molecular weight excluding hydrogens is 280 g/mol. The largest absolute Gasteiger partial charge is 0.480 e. The lowest BCUT2D eigenvalue weighted by atomic mass is 10.1. The Labute approximate surface area is 109 Å². The Morgan fingerprint density at radius 3 is 1.21 bits per heavy atom. The average Bonchev–Trinajstić information content (AvgIpc) is 2.64. The van der Waals surface area contributed by atoms with Crippen LogP contribution < -0.4 is 0 Å². The number of carbonyl (C=O) groups is 4. The maximum Gasteiger partial charge on any atom is 0.323 e. The third kappa shape index (κ3) is 3.07. The topological polar surface area (TPSA) is 149 Å². The van der Waals surface area contributed by atoms with Gasteiger partial charge in [-0.1, -0.05) is 0 Å². The number of hydrogen-bond acceptors (Lipinski definition) is 5. The van der Waals surface area contributed by atoms with Crippen LogP contribution in [0.5, 0.6) is 0 Å². The van der Waals surface area contributed by atoms with Crippen molar-refractivity contribution in [1.82, 2.24) is 0 Å². The summed E-state index contributed by atoms with van der Waals surface area (Å²) in [4.78, 5) is 42.9. The van der Waals surface area contributed by atoms with Gasteiger partial charge in [-0.2, -0.15) is 0 Å². The Balaban J connectivity index is 3.18. The number of aliphatic carboxylic acids is 4. The maximum absolute atomic E-state index is 10.8. The molecule has 0 bridgehead atoms. The van der Waals surface area contributed by atoms with E-state index in [0.29, 0.717) is 11.3 Å². The Morgan fingerprint density at radius 1 is 0.737 bits per heavy atom. The van der Waals surface area contributed by atoms with E-state index in [0.717, 1.165) is 12.1 Å². The molecule has 0 saturated heterocycles. The summed E-state index contributed by atoms with van der Waals surface area (Å²) in [6.45, 7) is 0. The minimum atomic E-state index is -1.85. The van der Waals surface area contributed by atoms with Crippen LogP contribution >= 0.6 is 11.3 Å². The van der Waals surface area contributed by atoms with Crippen molar-refractivity contribution < 1.29 is 39.6 Å². The van der Waals surface area contributed by atoms with Crippen molar-refractivity contribution in [3.63, 3.8) is 0 Å². The first-order valence-electron chi connectivity index (χ1n) is 4.76. The molecule has 1 heterocycles. The lowest BCUT2D eigenvalue weighted by Gasteiger charge is -2.05. The number of carboxylic acid groups (broad SMARTS) is 4. The van der Waals surface area contributed by atoms with Gasteiger partial charge in [0.1, 0.15) is 0 Å². The number of hydrogen-bond donors (Lipinski definition) is 4. The predicted molar refractivity (Wildman–Crippen MR) is 60.3 cm³/mol. The van der Waals surface area contributed by atoms with E-state index in [1.165, 1.54) is 0 Å². The Kier molecular flexibility index (Phi) is 4.22. The molecule has 0 fully saturated rings. The number of thiophene rings is 1. The van der Waals surface area contributed by atoms with Gasteiger partial charge in [0.15, 0.2) is 11.8 Å². The summed E-state index contributed by atoms with van der Waals surface area (Å²) in [6, 6.07) is 2.21. The van der Waals surface area contributed by atoms with Crippen molar-refractivity contribution in [2.75, 3.05) is 0 Å². The van der Waals surface area contributed by atoms with Gasteiger partial charge < -0.3 is 20.4 Å². The second-order valence-electron chi connectivity index (χ2n) is 3.46. The van der Waals surface area contributed by atoms with Gasteiger partial charge in [-0.25, -0.2) is 0 Å². The molecular formula is C10H8O8S. The second kappa shape index (κ2) is 5.48. The smallest absolute Gasteiger partial charge is 0.323 e. The van der Waals surface area contributed by atoms with Gasteiger partial charge in [0.25, 0.3) is 0 Å². The van der Waals surface area contributed by atoms with Crippen LogP contribution in [0.2, 0.25) is 0 Å². The van der Waals surface area contributed by atoms with Crippen LogP contribution in [0.15, 0.2) is 12.1 Å². The van der Waals surface area contributed by atoms with Gasteiger partial charge in [0.05, 0.1) is 0 Å². The summed E-state index contributed by atoms with van der Waals surface area (Å²) >= 11 is 0.539. The zero-order valence-corrected chi connectivity index (χ0v) is 9.96. The minimum Gasteiger partial charge on any atom is -0.480 e. The molecule has 0 radical (unpaired) electrons. The highest BCUT2D eigenvalue weighted by Crippen LogP contribution is 2.30. The molecule has 4 N–H and O–H groups in total. The fraction of sp³-hybridized carbons (Fsp3) is 0.200. The fourth-order valence-electron chi connectivity index (χ4n) is 1.38. The number of rotatable bonds is 6. The summed E-state index contributed by atoms with van der Waals surface area (Å²) in [7, 11) is 0. The molecule has 0 aliphatic rings. The summed E-state index contributed by atoms with van der Waals surface area (Å²) < 4.78 is 0. The summed E-state index contributed by atoms with van der Waals surface area (Å²) in [5.74, 6) is -10.1. The molecule has 19 heavy (non-hydrogen) atoms. The van der Waals surface area contributed by atoms with Crippen LogP contribution in [-0.4, -0.2) is 44.3 Å². The third-order valence-corrected chi connectivity index (χ3v) is 3.42. The zero-order valence-electron chi connectivity index (χ0n) is 9.14. The highest BCUT2D eigenvalue weighted by molar-refractivity contribution is 7.12. The Morgan fingerprint density at radius 2 is 1.00 bits per heavy atom. The van der Waals surface area contributed by atoms with Gasteiger partial charge in [-0.3, -0.25) is 19.2 Å². The van der Waals surface area contributed by atoms with Gasteiger partial charge >= 0.3 is 23.9 Å². The molecule has 0 aromatic carbocycles. The average molecular weight is 288 g/mol. The van der Waals surface area contributed by atoms with Crippen LogP contribution in [-0.2, 0) is 19.2 Å². The molecule has 102 valence electrons. The van der Waals surface area contributed by atoms with Crippen LogP contribution in [0.3, 0.4) is 0 Å². The summed E-state index contributed by atoms with van der Waals surface area (Å²) in [5.41, 5.74) is 0. The van der Waals surface area contributed by atoms with Crippen LogP contribution in [0.25, 0.3) is 0 Å². The van der Waals surface area contributed by atoms with E-state index >= 15 is 0 Å². The first-order chi connectivity index (χ1) is 8.75.